The van der Waals surface area contributed by atoms with Gasteiger partial charge in [-0.25, -0.2) is 9.36 Å². The minimum Gasteiger partial charge on any atom is -0.480 e. The summed E-state index contributed by atoms with van der Waals surface area (Å²) in [6, 6.07) is 14.2. The number of carbonyl (C=O) groups is 7. The van der Waals surface area contributed by atoms with Gasteiger partial charge in [-0.2, -0.15) is 0 Å². The van der Waals surface area contributed by atoms with E-state index in [9.17, 15) is 34.2 Å². The Labute approximate surface area is 707 Å². The molecule has 1 heterocycles. The van der Waals surface area contributed by atoms with E-state index in [-0.39, 0.29) is 38.9 Å². The maximum Gasteiger partial charge on any atom is 0.475 e. The van der Waals surface area contributed by atoms with E-state index in [1.165, 1.54) is 44.9 Å². The van der Waals surface area contributed by atoms with Gasteiger partial charge in [-0.15, -0.1) is 0 Å². The Hall–Kier alpha value is -5.28. The first kappa shape index (κ1) is 106. The van der Waals surface area contributed by atoms with Crippen molar-refractivity contribution in [3.05, 3.63) is 71.8 Å². The number of unbranched alkanes of at least 4 members (excludes halogenated alkanes) is 42. The monoisotopic (exact) mass is 1670 g/mol. The van der Waals surface area contributed by atoms with Crippen LogP contribution in [0.15, 0.2) is 60.7 Å². The molecule has 2 aromatic carbocycles. The summed E-state index contributed by atoms with van der Waals surface area (Å²) in [5, 5.41) is 28.2. The molecule has 0 radical (unpaired) electrons. The van der Waals surface area contributed by atoms with Crippen LogP contribution in [0.1, 0.15) is 419 Å². The predicted octanol–water partition coefficient (Wildman–Crippen LogP) is 23.7. The van der Waals surface area contributed by atoms with Gasteiger partial charge in [-0.3, -0.25) is 42.3 Å². The van der Waals surface area contributed by atoms with Crippen molar-refractivity contribution in [1.29, 1.82) is 0 Å². The lowest BCUT2D eigenvalue weighted by molar-refractivity contribution is -0.272. The highest BCUT2D eigenvalue weighted by atomic mass is 31.2. The number of esters is 4. The maximum absolute atomic E-state index is 15.8. The molecule has 1 aliphatic heterocycles. The van der Waals surface area contributed by atoms with Crippen LogP contribution in [0.25, 0.3) is 0 Å². The highest BCUT2D eigenvalue weighted by molar-refractivity contribution is 7.48. The summed E-state index contributed by atoms with van der Waals surface area (Å²) >= 11 is 0. The molecule has 21 nitrogen and oxygen atoms in total. The Morgan fingerprint density at radius 2 is 0.718 bits per heavy atom. The van der Waals surface area contributed by atoms with Crippen LogP contribution in [0.2, 0.25) is 0 Å². The lowest BCUT2D eigenvalue weighted by atomic mass is 9.95. The number of carbonyl (C=O) groups excluding carboxylic acids is 6. The van der Waals surface area contributed by atoms with Crippen LogP contribution < -0.4 is 10.6 Å². The zero-order valence-electron chi connectivity index (χ0n) is 73.9. The molecule has 1 saturated heterocycles. The third-order valence-corrected chi connectivity index (χ3v) is 23.5. The van der Waals surface area contributed by atoms with Crippen molar-refractivity contribution in [2.45, 2.75) is 476 Å². The van der Waals surface area contributed by atoms with Gasteiger partial charge in [0.25, 0.3) is 0 Å². The SMILES string of the molecule is CCCCCCCCCCC[C@H](CC(=O)N[C@@H]1[C@@H](OC[C@H](NC(=O)C[C@@H](CCCCCCCCCCC)OC(=O)CCCCCCCCC)C(=O)O)O[C@@H](CO)[C@H](OP(=O)(OCc2ccccc2)OCc2ccccc2)[C@H]1OC(=O)C[C@@H](CCCCCCCCCCC)OC(=O)CCCCCCCCC)OC(=O)CCCCCCCCC. The van der Waals surface area contributed by atoms with Crippen molar-refractivity contribution in [2.75, 3.05) is 13.2 Å². The Balaban J connectivity index is 2.25. The minimum absolute atomic E-state index is 0.138. The molecule has 0 saturated carbocycles. The van der Waals surface area contributed by atoms with Crippen molar-refractivity contribution in [1.82, 2.24) is 10.6 Å². The van der Waals surface area contributed by atoms with Gasteiger partial charge in [0.2, 0.25) is 11.8 Å². The van der Waals surface area contributed by atoms with E-state index in [1.54, 1.807) is 48.5 Å². The van der Waals surface area contributed by atoms with Crippen molar-refractivity contribution < 1.29 is 90.3 Å². The summed E-state index contributed by atoms with van der Waals surface area (Å²) < 4.78 is 72.9. The first-order valence-corrected chi connectivity index (χ1v) is 48.6. The zero-order valence-corrected chi connectivity index (χ0v) is 74.8. The van der Waals surface area contributed by atoms with Crippen LogP contribution in [0, 0.1) is 0 Å². The van der Waals surface area contributed by atoms with E-state index < -0.39 is 131 Å². The second-order valence-electron chi connectivity index (χ2n) is 33.0. The largest absolute Gasteiger partial charge is 0.480 e. The van der Waals surface area contributed by atoms with Gasteiger partial charge in [0.1, 0.15) is 36.6 Å². The summed E-state index contributed by atoms with van der Waals surface area (Å²) in [5.41, 5.74) is 1.16. The number of nitrogens with one attached hydrogen (secondary N) is 2. The topological polar surface area (TPSA) is 284 Å². The fourth-order valence-electron chi connectivity index (χ4n) is 15.0. The quantitative estimate of drug-likeness (QED) is 0.0207. The molecular formula is C95H163N2O19P. The number of phosphoric acid groups is 1. The molecule has 0 aromatic heterocycles. The summed E-state index contributed by atoms with van der Waals surface area (Å²) in [6.07, 6.45) is 38.9. The van der Waals surface area contributed by atoms with Crippen LogP contribution in [-0.2, 0) is 93.3 Å². The highest BCUT2D eigenvalue weighted by Crippen LogP contribution is 2.54. The third kappa shape index (κ3) is 54.7. The first-order valence-electron chi connectivity index (χ1n) is 47.1. The molecule has 9 atom stereocenters. The summed E-state index contributed by atoms with van der Waals surface area (Å²) in [6.45, 7) is 10.7. The smallest absolute Gasteiger partial charge is 0.475 e. The second kappa shape index (κ2) is 71.3. The van der Waals surface area contributed by atoms with E-state index in [0.29, 0.717) is 68.9 Å². The van der Waals surface area contributed by atoms with Crippen molar-refractivity contribution in [2.24, 2.45) is 0 Å². The van der Waals surface area contributed by atoms with Crippen molar-refractivity contribution >= 4 is 49.5 Å². The van der Waals surface area contributed by atoms with E-state index in [4.69, 9.17) is 42.0 Å². The molecule has 0 unspecified atom stereocenters. The number of amides is 2. The van der Waals surface area contributed by atoms with Crippen LogP contribution in [0.5, 0.6) is 0 Å². The standard InChI is InChI=1S/C95H163N2O19P/c1-7-13-19-25-31-34-40-43-55-65-80(111-87(101)68-58-46-37-28-22-16-10-4)71-85(99)96-83(94(105)106)77-108-95-91(97-86(100)72-81(66-56-44-41-35-32-26-20-14-8-2)112-88(102)69-59-47-38-29-23-17-11-5)93(92(84(74-98)114-95)116-117(107,109-75-78-61-51-49-52-62-78)110-76-79-63-53-50-54-64-79)115-90(104)73-82(67-57-45-42-36-33-27-21-15-9-3)113-89(103)70-60-48-39-30-24-18-12-6/h49-54,61-64,80-84,91-93,95,98H,7-48,55-60,65-77H2,1-6H3,(H,96,99)(H,97,100)(H,105,106)/t80-,81-,82-,83+,84+,91+,92+,93+,95+/m1/s1. The number of carboxylic acid groups (broad SMARTS) is 1. The average Bonchev–Trinajstić information content (AvgIpc) is 0.774. The molecular weight excluding hydrogens is 1500 g/mol. The number of aliphatic hydroxyl groups excluding tert-OH is 1. The fourth-order valence-corrected chi connectivity index (χ4v) is 16.4. The molecule has 4 N–H and O–H groups in total. The molecule has 0 aliphatic carbocycles. The Kier molecular flexibility index (Phi) is 64.5. The van der Waals surface area contributed by atoms with E-state index in [1.807, 2.05) is 12.1 Å². The van der Waals surface area contributed by atoms with Crippen LogP contribution in [0.4, 0.5) is 0 Å². The number of carboxylic acids is 1. The highest BCUT2D eigenvalue weighted by Gasteiger charge is 2.54. The Morgan fingerprint density at radius 1 is 0.402 bits per heavy atom. The Bertz CT molecular complexity index is 2810. The molecule has 2 amide bonds. The molecule has 1 aliphatic rings. The number of aliphatic hydroxyl groups is 1. The van der Waals surface area contributed by atoms with Gasteiger partial charge >= 0.3 is 37.7 Å². The normalized spacial score (nSPS) is 16.6. The summed E-state index contributed by atoms with van der Waals surface area (Å²) in [7, 11) is -4.95. The van der Waals surface area contributed by atoms with Crippen molar-refractivity contribution in [3.63, 3.8) is 0 Å². The summed E-state index contributed by atoms with van der Waals surface area (Å²) in [4.78, 5) is 100. The number of hydrogen-bond donors (Lipinski definition) is 4. The fraction of sp³-hybridized carbons (Fsp3) is 0.800. The second-order valence-corrected chi connectivity index (χ2v) is 34.6. The molecule has 0 bridgehead atoms. The third-order valence-electron chi connectivity index (χ3n) is 22.2. The summed E-state index contributed by atoms with van der Waals surface area (Å²) in [5.74, 6) is -5.29. The van der Waals surface area contributed by atoms with Gasteiger partial charge in [0, 0.05) is 19.3 Å². The van der Waals surface area contributed by atoms with Gasteiger partial charge in [0.15, 0.2) is 18.4 Å². The Morgan fingerprint density at radius 3 is 1.05 bits per heavy atom. The molecule has 2 aromatic rings. The molecule has 1 fully saturated rings. The van der Waals surface area contributed by atoms with Crippen LogP contribution in [-0.4, -0.2) is 120 Å². The first-order chi connectivity index (χ1) is 57.0. The van der Waals surface area contributed by atoms with Gasteiger partial charge < -0.3 is 49.3 Å². The van der Waals surface area contributed by atoms with Crippen LogP contribution in [0.3, 0.4) is 0 Å². The lowest BCUT2D eigenvalue weighted by Crippen LogP contribution is -2.66. The zero-order chi connectivity index (χ0) is 84.9. The maximum atomic E-state index is 15.8. The predicted molar refractivity (Wildman–Crippen MR) is 465 cm³/mol. The molecule has 117 heavy (non-hydrogen) atoms. The molecule has 672 valence electrons. The molecule has 22 heteroatoms. The van der Waals surface area contributed by atoms with E-state index in [2.05, 4.69) is 52.2 Å². The lowest BCUT2D eigenvalue weighted by Gasteiger charge is -2.46. The average molecular weight is 1670 g/mol. The van der Waals surface area contributed by atoms with Gasteiger partial charge in [-0.05, 0) is 68.9 Å². The number of benzene rings is 2. The number of rotatable bonds is 79. The van der Waals surface area contributed by atoms with Gasteiger partial charge in [0.05, 0.1) is 45.7 Å². The molecule has 3 rings (SSSR count). The number of phosphoric ester groups is 1. The minimum atomic E-state index is -4.95. The number of hydrogen-bond acceptors (Lipinski definition) is 18. The molecule has 0 spiro atoms. The number of ether oxygens (including phenoxy) is 6. The van der Waals surface area contributed by atoms with Crippen LogP contribution >= 0.6 is 7.82 Å². The van der Waals surface area contributed by atoms with Crippen molar-refractivity contribution in [3.8, 4) is 0 Å². The van der Waals surface area contributed by atoms with Gasteiger partial charge in [-0.1, -0.05) is 372 Å². The van der Waals surface area contributed by atoms with E-state index >= 15 is 14.2 Å². The number of aliphatic carboxylic acids is 1. The van der Waals surface area contributed by atoms with E-state index in [0.717, 1.165) is 225 Å².